The first kappa shape index (κ1) is 18.5. The Balaban J connectivity index is -0.000000320. The van der Waals surface area contributed by atoms with Crippen molar-refractivity contribution in [3.63, 3.8) is 0 Å². The Morgan fingerprint density at radius 3 is 2.09 bits per heavy atom. The van der Waals surface area contributed by atoms with Crippen LogP contribution in [-0.4, -0.2) is 76.5 Å². The third-order valence-electron chi connectivity index (χ3n) is 0.948. The standard InChI is InChI=1S/C5H15NO2P.Ca.ClH/c1-6(2,3)4-5-8-9-7;;/h4-5,9H2,1-3H3;;1H/q+1;+2;. The molecule has 0 N–H and O–H groups in total. The minimum absolute atomic E-state index is 0. The molecule has 0 bridgehead atoms. The zero-order valence-electron chi connectivity index (χ0n) is 7.37. The Labute approximate surface area is 106 Å². The summed E-state index contributed by atoms with van der Waals surface area (Å²) in [5, 5.41) is 0. The normalized spacial score (nSPS) is 10.8. The van der Waals surface area contributed by atoms with E-state index in [4.69, 9.17) is 4.52 Å². The van der Waals surface area contributed by atoms with Gasteiger partial charge in [-0.25, -0.2) is 0 Å². The van der Waals surface area contributed by atoms with Gasteiger partial charge in [-0.3, -0.25) is 4.57 Å². The zero-order valence-corrected chi connectivity index (χ0v) is 11.6. The molecular weight excluding hydrogens is 213 g/mol. The van der Waals surface area contributed by atoms with Gasteiger partial charge in [0.25, 0.3) is 0 Å². The molecule has 0 saturated heterocycles. The Hall–Kier alpha value is 1.70. The quantitative estimate of drug-likeness (QED) is 0.302. The van der Waals surface area contributed by atoms with Crippen LogP contribution in [0.2, 0.25) is 0 Å². The van der Waals surface area contributed by atoms with Gasteiger partial charge in [0.1, 0.15) is 13.2 Å². The van der Waals surface area contributed by atoms with Crippen molar-refractivity contribution in [1.82, 2.24) is 0 Å². The molecular formula is C5H16CaClNO2P+3. The van der Waals surface area contributed by atoms with E-state index >= 15 is 0 Å². The molecule has 0 aliphatic rings. The summed E-state index contributed by atoms with van der Waals surface area (Å²) in [6.07, 6.45) is 0. The maximum atomic E-state index is 9.87. The van der Waals surface area contributed by atoms with Crippen molar-refractivity contribution in [2.75, 3.05) is 34.3 Å². The molecule has 11 heavy (non-hydrogen) atoms. The van der Waals surface area contributed by atoms with Crippen molar-refractivity contribution in [2.45, 2.75) is 0 Å². The van der Waals surface area contributed by atoms with Crippen LogP contribution in [0.1, 0.15) is 0 Å². The van der Waals surface area contributed by atoms with Crippen LogP contribution in [0.4, 0.5) is 0 Å². The van der Waals surface area contributed by atoms with E-state index in [0.717, 1.165) is 11.0 Å². The minimum Gasteiger partial charge on any atom is -0.329 e. The summed E-state index contributed by atoms with van der Waals surface area (Å²) in [6, 6.07) is 0. The first-order chi connectivity index (χ1) is 4.06. The molecule has 0 aromatic carbocycles. The molecule has 0 spiro atoms. The van der Waals surface area contributed by atoms with Crippen LogP contribution in [0.15, 0.2) is 0 Å². The van der Waals surface area contributed by atoms with Crippen molar-refractivity contribution in [3.05, 3.63) is 0 Å². The fourth-order valence-electron chi connectivity index (χ4n) is 0.375. The van der Waals surface area contributed by atoms with Crippen molar-refractivity contribution in [3.8, 4) is 0 Å². The van der Waals surface area contributed by atoms with Crippen LogP contribution in [0.3, 0.4) is 0 Å². The van der Waals surface area contributed by atoms with Crippen LogP contribution in [-0.2, 0) is 9.09 Å². The number of likely N-dealkylation sites (N-methyl/N-ethyl adjacent to an activating group) is 1. The second-order valence-corrected chi connectivity index (χ2v) is 3.51. The van der Waals surface area contributed by atoms with Crippen LogP contribution >= 0.6 is 21.1 Å². The molecule has 0 aliphatic heterocycles. The summed E-state index contributed by atoms with van der Waals surface area (Å²) in [4.78, 5) is 0. The topological polar surface area (TPSA) is 26.3 Å². The van der Waals surface area contributed by atoms with Crippen LogP contribution < -0.4 is 0 Å². The van der Waals surface area contributed by atoms with Gasteiger partial charge in [-0.05, 0) is 0 Å². The molecule has 0 radical (unpaired) electrons. The van der Waals surface area contributed by atoms with Crippen LogP contribution in [0.5, 0.6) is 0 Å². The average Bonchev–Trinajstić information content (AvgIpc) is 1.63. The molecule has 0 heterocycles. The van der Waals surface area contributed by atoms with E-state index in [2.05, 4.69) is 21.1 Å². The SMILES string of the molecule is C[N+](C)(C)CCO[PH2]=O.Cl.[Ca+2]. The second kappa shape index (κ2) is 9.79. The Morgan fingerprint density at radius 1 is 1.36 bits per heavy atom. The maximum Gasteiger partial charge on any atom is 2.00 e. The van der Waals surface area contributed by atoms with E-state index in [9.17, 15) is 4.57 Å². The number of rotatable bonds is 4. The van der Waals surface area contributed by atoms with Gasteiger partial charge in [-0.2, -0.15) is 0 Å². The van der Waals surface area contributed by atoms with Gasteiger partial charge < -0.3 is 9.01 Å². The first-order valence-corrected chi connectivity index (χ1v) is 3.86. The van der Waals surface area contributed by atoms with E-state index in [-0.39, 0.29) is 50.1 Å². The summed E-state index contributed by atoms with van der Waals surface area (Å²) < 4.78 is 15.5. The predicted molar refractivity (Wildman–Crippen MR) is 52.2 cm³/mol. The number of hydrogen-bond acceptors (Lipinski definition) is 2. The molecule has 0 fully saturated rings. The Bertz CT molecular complexity index is 99.0. The maximum absolute atomic E-state index is 9.87. The molecule has 0 aromatic heterocycles. The smallest absolute Gasteiger partial charge is 0.329 e. The minimum atomic E-state index is -1.02. The first-order valence-electron chi connectivity index (χ1n) is 2.92. The summed E-state index contributed by atoms with van der Waals surface area (Å²) in [7, 11) is 5.20. The number of hydrogen-bond donors (Lipinski definition) is 0. The molecule has 1 unspecified atom stereocenters. The Kier molecular flexibility index (Phi) is 16.4. The Morgan fingerprint density at radius 2 is 1.82 bits per heavy atom. The molecule has 0 aromatic rings. The van der Waals surface area contributed by atoms with Gasteiger partial charge in [0.15, 0.2) is 8.69 Å². The predicted octanol–water partition coefficient (Wildman–Crippen LogP) is 0.421. The molecule has 0 saturated carbocycles. The third-order valence-corrected chi connectivity index (χ3v) is 1.32. The summed E-state index contributed by atoms with van der Waals surface area (Å²) in [5.74, 6) is 0. The van der Waals surface area contributed by atoms with Gasteiger partial charge in [-0.1, -0.05) is 0 Å². The molecule has 0 rings (SSSR count). The molecule has 1 atom stereocenters. The van der Waals surface area contributed by atoms with E-state index in [1.54, 1.807) is 0 Å². The molecule has 64 valence electrons. The van der Waals surface area contributed by atoms with E-state index in [1.165, 1.54) is 0 Å². The largest absolute Gasteiger partial charge is 2.00 e. The van der Waals surface area contributed by atoms with Gasteiger partial charge in [0.2, 0.25) is 0 Å². The molecule has 0 amide bonds. The van der Waals surface area contributed by atoms with Gasteiger partial charge >= 0.3 is 37.7 Å². The zero-order chi connectivity index (χ0) is 7.33. The molecule has 0 aliphatic carbocycles. The van der Waals surface area contributed by atoms with E-state index in [1.807, 2.05) is 0 Å². The van der Waals surface area contributed by atoms with Crippen molar-refractivity contribution in [2.24, 2.45) is 0 Å². The third kappa shape index (κ3) is 18.6. The fraction of sp³-hybridized carbons (Fsp3) is 1.00. The molecule has 6 heteroatoms. The average molecular weight is 229 g/mol. The van der Waals surface area contributed by atoms with Crippen LogP contribution in [0, 0.1) is 0 Å². The van der Waals surface area contributed by atoms with Crippen molar-refractivity contribution >= 4 is 58.8 Å². The fourth-order valence-corrected chi connectivity index (χ4v) is 0.576. The van der Waals surface area contributed by atoms with Crippen LogP contribution in [0.25, 0.3) is 0 Å². The summed E-state index contributed by atoms with van der Waals surface area (Å²) in [6.45, 7) is 1.51. The molecule has 3 nitrogen and oxygen atoms in total. The van der Waals surface area contributed by atoms with Gasteiger partial charge in [-0.15, -0.1) is 12.4 Å². The van der Waals surface area contributed by atoms with E-state index < -0.39 is 8.69 Å². The number of halogens is 1. The van der Waals surface area contributed by atoms with Crippen molar-refractivity contribution < 1.29 is 13.6 Å². The van der Waals surface area contributed by atoms with Crippen molar-refractivity contribution in [1.29, 1.82) is 0 Å². The number of nitrogens with zero attached hydrogens (tertiary/aromatic N) is 1. The number of quaternary nitrogens is 1. The van der Waals surface area contributed by atoms with E-state index in [0.29, 0.717) is 6.61 Å². The van der Waals surface area contributed by atoms with Gasteiger partial charge in [0.05, 0.1) is 21.1 Å². The summed E-state index contributed by atoms with van der Waals surface area (Å²) in [5.41, 5.74) is 0. The monoisotopic (exact) mass is 228 g/mol. The van der Waals surface area contributed by atoms with Gasteiger partial charge in [0, 0.05) is 0 Å². The second-order valence-electron chi connectivity index (χ2n) is 2.98. The summed E-state index contributed by atoms with van der Waals surface area (Å²) >= 11 is 0.